The van der Waals surface area contributed by atoms with E-state index in [1.54, 1.807) is 0 Å². The number of nitrogens with one attached hydrogen (secondary N) is 1. The molecule has 0 unspecified atom stereocenters. The molecule has 1 heterocycles. The third-order valence-electron chi connectivity index (χ3n) is 2.72. The monoisotopic (exact) mass is 234 g/mol. The Kier molecular flexibility index (Phi) is 6.34. The molecule has 0 bridgehead atoms. The third kappa shape index (κ3) is 5.50. The maximum Gasteiger partial charge on any atom is 0.0621 e. The van der Waals surface area contributed by atoms with E-state index in [0.29, 0.717) is 6.42 Å². The van der Waals surface area contributed by atoms with E-state index in [0.717, 1.165) is 44.6 Å². The Morgan fingerprint density at radius 1 is 1.29 bits per heavy atom. The van der Waals surface area contributed by atoms with Gasteiger partial charge in [0.05, 0.1) is 11.8 Å². The number of unbranched alkanes of at least 4 members (excludes halogenated alkanes) is 2. The fourth-order valence-electron chi connectivity index (χ4n) is 1.83. The van der Waals surface area contributed by atoms with Gasteiger partial charge >= 0.3 is 0 Å². The molecular formula is C13H22N4. The second-order valence-corrected chi connectivity index (χ2v) is 4.37. The molecule has 0 aliphatic rings. The third-order valence-corrected chi connectivity index (χ3v) is 2.72. The molecule has 0 aliphatic carbocycles. The van der Waals surface area contributed by atoms with E-state index in [9.17, 15) is 0 Å². The molecule has 0 saturated carbocycles. The number of nitrogens with zero attached hydrogens (tertiary/aromatic N) is 3. The molecule has 1 rings (SSSR count). The van der Waals surface area contributed by atoms with Crippen molar-refractivity contribution in [1.29, 1.82) is 5.26 Å². The van der Waals surface area contributed by atoms with E-state index in [-0.39, 0.29) is 0 Å². The molecule has 1 aromatic heterocycles. The van der Waals surface area contributed by atoms with Crippen LogP contribution in [0.25, 0.3) is 0 Å². The van der Waals surface area contributed by atoms with Gasteiger partial charge in [0.1, 0.15) is 0 Å². The van der Waals surface area contributed by atoms with Gasteiger partial charge in [0.2, 0.25) is 0 Å². The van der Waals surface area contributed by atoms with Crippen molar-refractivity contribution in [2.75, 3.05) is 13.1 Å². The van der Waals surface area contributed by atoms with E-state index in [4.69, 9.17) is 5.26 Å². The van der Waals surface area contributed by atoms with Crippen LogP contribution in [0.2, 0.25) is 0 Å². The summed E-state index contributed by atoms with van der Waals surface area (Å²) in [6.45, 7) is 7.13. The van der Waals surface area contributed by atoms with Gasteiger partial charge in [0.15, 0.2) is 0 Å². The van der Waals surface area contributed by atoms with Crippen LogP contribution in [-0.2, 0) is 6.54 Å². The summed E-state index contributed by atoms with van der Waals surface area (Å²) in [4.78, 5) is 0. The average Bonchev–Trinajstić information content (AvgIpc) is 2.61. The maximum atomic E-state index is 8.38. The van der Waals surface area contributed by atoms with Crippen LogP contribution in [0.1, 0.15) is 37.1 Å². The van der Waals surface area contributed by atoms with Crippen molar-refractivity contribution < 1.29 is 0 Å². The zero-order valence-corrected chi connectivity index (χ0v) is 10.9. The van der Waals surface area contributed by atoms with Gasteiger partial charge in [0.25, 0.3) is 0 Å². The van der Waals surface area contributed by atoms with Gasteiger partial charge in [0, 0.05) is 18.7 Å². The van der Waals surface area contributed by atoms with E-state index >= 15 is 0 Å². The lowest BCUT2D eigenvalue weighted by Crippen LogP contribution is -2.18. The average molecular weight is 234 g/mol. The molecule has 0 saturated heterocycles. The number of hydrogen-bond acceptors (Lipinski definition) is 3. The molecule has 0 aromatic carbocycles. The quantitative estimate of drug-likeness (QED) is 0.701. The zero-order chi connectivity index (χ0) is 12.5. The van der Waals surface area contributed by atoms with Crippen molar-refractivity contribution in [2.24, 2.45) is 0 Å². The van der Waals surface area contributed by atoms with Crippen LogP contribution >= 0.6 is 0 Å². The first-order valence-corrected chi connectivity index (χ1v) is 6.33. The van der Waals surface area contributed by atoms with Gasteiger partial charge in [-0.1, -0.05) is 0 Å². The van der Waals surface area contributed by atoms with E-state index in [2.05, 4.69) is 34.2 Å². The molecule has 4 nitrogen and oxygen atoms in total. The minimum atomic E-state index is 0.674. The summed E-state index contributed by atoms with van der Waals surface area (Å²) in [5, 5.41) is 16.2. The van der Waals surface area contributed by atoms with Gasteiger partial charge in [-0.15, -0.1) is 0 Å². The molecule has 17 heavy (non-hydrogen) atoms. The molecule has 1 N–H and O–H groups in total. The molecule has 0 aliphatic heterocycles. The molecule has 0 amide bonds. The number of nitriles is 1. The summed E-state index contributed by atoms with van der Waals surface area (Å²) in [6, 6.07) is 4.27. The van der Waals surface area contributed by atoms with Crippen LogP contribution in [0.15, 0.2) is 6.07 Å². The largest absolute Gasteiger partial charge is 0.317 e. The number of rotatable bonds is 8. The van der Waals surface area contributed by atoms with E-state index in [1.807, 2.05) is 6.92 Å². The topological polar surface area (TPSA) is 53.6 Å². The number of aromatic nitrogens is 2. The lowest BCUT2D eigenvalue weighted by atomic mass is 10.2. The zero-order valence-electron chi connectivity index (χ0n) is 10.9. The lowest BCUT2D eigenvalue weighted by molar-refractivity contribution is 0.525. The minimum Gasteiger partial charge on any atom is -0.317 e. The van der Waals surface area contributed by atoms with Crippen molar-refractivity contribution in [3.05, 3.63) is 17.5 Å². The Bertz CT molecular complexity index is 362. The van der Waals surface area contributed by atoms with Crippen molar-refractivity contribution in [2.45, 2.75) is 46.1 Å². The predicted molar refractivity (Wildman–Crippen MR) is 68.7 cm³/mol. The van der Waals surface area contributed by atoms with Crippen molar-refractivity contribution >= 4 is 0 Å². The van der Waals surface area contributed by atoms with E-state index < -0.39 is 0 Å². The summed E-state index contributed by atoms with van der Waals surface area (Å²) in [7, 11) is 0. The van der Waals surface area contributed by atoms with Gasteiger partial charge < -0.3 is 5.32 Å². The minimum absolute atomic E-state index is 0.674. The molecular weight excluding hydrogens is 212 g/mol. The highest BCUT2D eigenvalue weighted by atomic mass is 15.3. The fraction of sp³-hybridized carbons (Fsp3) is 0.692. The summed E-state index contributed by atoms with van der Waals surface area (Å²) in [5.41, 5.74) is 2.32. The second-order valence-electron chi connectivity index (χ2n) is 4.37. The Hall–Kier alpha value is -1.34. The fourth-order valence-corrected chi connectivity index (χ4v) is 1.83. The van der Waals surface area contributed by atoms with Crippen molar-refractivity contribution in [3.8, 4) is 6.07 Å². The first-order valence-electron chi connectivity index (χ1n) is 6.33. The summed E-state index contributed by atoms with van der Waals surface area (Å²) in [6.07, 6.45) is 3.86. The van der Waals surface area contributed by atoms with Crippen LogP contribution in [0, 0.1) is 25.2 Å². The maximum absolute atomic E-state index is 8.38. The highest BCUT2D eigenvalue weighted by Crippen LogP contribution is 2.02. The summed E-state index contributed by atoms with van der Waals surface area (Å²) in [5.74, 6) is 0. The van der Waals surface area contributed by atoms with Crippen molar-refractivity contribution in [1.82, 2.24) is 15.1 Å². The van der Waals surface area contributed by atoms with Crippen LogP contribution < -0.4 is 5.32 Å². The Labute approximate surface area is 104 Å². The summed E-state index contributed by atoms with van der Waals surface area (Å²) >= 11 is 0. The first kappa shape index (κ1) is 13.7. The normalized spacial score (nSPS) is 10.4. The van der Waals surface area contributed by atoms with Gasteiger partial charge in [-0.05, 0) is 52.3 Å². The number of hydrogen-bond donors (Lipinski definition) is 1. The molecule has 4 heteroatoms. The Balaban J connectivity index is 2.01. The van der Waals surface area contributed by atoms with Gasteiger partial charge in [-0.3, -0.25) is 4.68 Å². The van der Waals surface area contributed by atoms with Crippen LogP contribution in [0.3, 0.4) is 0 Å². The van der Waals surface area contributed by atoms with Crippen LogP contribution in [0.5, 0.6) is 0 Å². The highest BCUT2D eigenvalue weighted by molar-refractivity contribution is 5.06. The van der Waals surface area contributed by atoms with Crippen molar-refractivity contribution in [3.63, 3.8) is 0 Å². The number of aryl methyl sites for hydroxylation is 3. The highest BCUT2D eigenvalue weighted by Gasteiger charge is 1.99. The van der Waals surface area contributed by atoms with Crippen LogP contribution in [0.4, 0.5) is 0 Å². The lowest BCUT2D eigenvalue weighted by Gasteiger charge is -2.05. The summed E-state index contributed by atoms with van der Waals surface area (Å²) < 4.78 is 2.06. The molecule has 0 spiro atoms. The SMILES string of the molecule is Cc1cc(C)n(CCCNCCCCC#N)n1. The first-order chi connectivity index (χ1) is 8.24. The van der Waals surface area contributed by atoms with Gasteiger partial charge in [-0.25, -0.2) is 0 Å². The molecule has 1 aromatic rings. The van der Waals surface area contributed by atoms with E-state index in [1.165, 1.54) is 5.69 Å². The molecule has 0 radical (unpaired) electrons. The van der Waals surface area contributed by atoms with Gasteiger partial charge in [-0.2, -0.15) is 10.4 Å². The molecule has 0 atom stereocenters. The Morgan fingerprint density at radius 2 is 2.06 bits per heavy atom. The molecule has 94 valence electrons. The predicted octanol–water partition coefficient (Wildman–Crippen LogP) is 2.17. The molecule has 0 fully saturated rings. The Morgan fingerprint density at radius 3 is 2.71 bits per heavy atom. The smallest absolute Gasteiger partial charge is 0.0621 e. The van der Waals surface area contributed by atoms with Crippen LogP contribution in [-0.4, -0.2) is 22.9 Å². The second kappa shape index (κ2) is 7.86. The standard InChI is InChI=1S/C13H22N4/c1-12-11-13(2)17(16-12)10-6-9-15-8-5-3-4-7-14/h11,15H,3-6,8-10H2,1-2H3.